The number of hydrogen-bond acceptors (Lipinski definition) is 3. The Morgan fingerprint density at radius 1 is 1.20 bits per heavy atom. The molecule has 3 rings (SSSR count). The number of carbonyl (C=O) groups is 1. The minimum atomic E-state index is -0.312. The fourth-order valence-electron chi connectivity index (χ4n) is 2.59. The summed E-state index contributed by atoms with van der Waals surface area (Å²) >= 11 is 0. The molecule has 2 N–H and O–H groups in total. The average molecular weight is 339 g/mol. The lowest BCUT2D eigenvalue weighted by Gasteiger charge is -2.05. The van der Waals surface area contributed by atoms with Crippen LogP contribution in [0.15, 0.2) is 54.6 Å². The van der Waals surface area contributed by atoms with Gasteiger partial charge in [-0.15, -0.1) is 0 Å². The van der Waals surface area contributed by atoms with Crippen molar-refractivity contribution < 1.29 is 14.3 Å². The van der Waals surface area contributed by atoms with E-state index in [-0.39, 0.29) is 17.5 Å². The number of halogens is 1. The lowest BCUT2D eigenvalue weighted by atomic mass is 10.1. The van der Waals surface area contributed by atoms with E-state index in [2.05, 4.69) is 10.4 Å². The second kappa shape index (κ2) is 7.17. The average Bonchev–Trinajstić information content (AvgIpc) is 2.99. The van der Waals surface area contributed by atoms with Crippen molar-refractivity contribution in [3.63, 3.8) is 0 Å². The van der Waals surface area contributed by atoms with E-state index in [0.29, 0.717) is 18.7 Å². The Morgan fingerprint density at radius 3 is 2.64 bits per heavy atom. The molecule has 0 bridgehead atoms. The number of aryl methyl sites for hydroxylation is 1. The van der Waals surface area contributed by atoms with E-state index in [9.17, 15) is 14.3 Å². The second-order valence-corrected chi connectivity index (χ2v) is 5.68. The summed E-state index contributed by atoms with van der Waals surface area (Å²) in [6, 6.07) is 14.7. The molecule has 0 fully saturated rings. The normalized spacial score (nSPS) is 10.6. The highest BCUT2D eigenvalue weighted by atomic mass is 19.1. The van der Waals surface area contributed by atoms with Crippen LogP contribution < -0.4 is 5.32 Å². The number of phenols is 1. The molecule has 0 aliphatic carbocycles. The number of para-hydroxylation sites is 1. The molecule has 2 aromatic carbocycles. The first-order valence-electron chi connectivity index (χ1n) is 7.89. The molecular formula is C19H18FN3O2. The fourth-order valence-corrected chi connectivity index (χ4v) is 2.59. The van der Waals surface area contributed by atoms with E-state index in [1.807, 2.05) is 12.1 Å². The van der Waals surface area contributed by atoms with Crippen LogP contribution in [0.25, 0.3) is 11.3 Å². The summed E-state index contributed by atoms with van der Waals surface area (Å²) < 4.78 is 14.6. The summed E-state index contributed by atoms with van der Waals surface area (Å²) in [5.74, 6) is -0.388. The number of rotatable bonds is 5. The molecule has 0 saturated heterocycles. The van der Waals surface area contributed by atoms with Crippen LogP contribution in [0.4, 0.5) is 4.39 Å². The molecule has 1 amide bonds. The molecule has 1 heterocycles. The van der Waals surface area contributed by atoms with E-state index in [4.69, 9.17) is 0 Å². The molecule has 0 radical (unpaired) electrons. The summed E-state index contributed by atoms with van der Waals surface area (Å²) in [7, 11) is 1.73. The Morgan fingerprint density at radius 2 is 1.92 bits per heavy atom. The van der Waals surface area contributed by atoms with Gasteiger partial charge in [-0.1, -0.05) is 18.2 Å². The highest BCUT2D eigenvalue weighted by Gasteiger charge is 2.14. The van der Waals surface area contributed by atoms with Gasteiger partial charge < -0.3 is 10.4 Å². The van der Waals surface area contributed by atoms with Crippen molar-refractivity contribution >= 4 is 5.91 Å². The van der Waals surface area contributed by atoms with Gasteiger partial charge >= 0.3 is 0 Å². The van der Waals surface area contributed by atoms with Crippen molar-refractivity contribution in [3.05, 3.63) is 71.7 Å². The zero-order valence-corrected chi connectivity index (χ0v) is 13.7. The molecule has 25 heavy (non-hydrogen) atoms. The molecule has 0 aliphatic heterocycles. The number of hydrogen-bond donors (Lipinski definition) is 2. The molecular weight excluding hydrogens is 321 g/mol. The lowest BCUT2D eigenvalue weighted by Crippen LogP contribution is -2.26. The highest BCUT2D eigenvalue weighted by molar-refractivity contribution is 5.93. The fraction of sp³-hybridized carbons (Fsp3) is 0.158. The minimum absolute atomic E-state index is 0.216. The van der Waals surface area contributed by atoms with Gasteiger partial charge in [-0.2, -0.15) is 5.10 Å². The Kier molecular flexibility index (Phi) is 4.79. The number of benzene rings is 2. The van der Waals surface area contributed by atoms with Gasteiger partial charge in [0, 0.05) is 13.6 Å². The topological polar surface area (TPSA) is 67.2 Å². The Hall–Kier alpha value is -3.15. The largest absolute Gasteiger partial charge is 0.508 e. The van der Waals surface area contributed by atoms with Gasteiger partial charge in [-0.25, -0.2) is 4.39 Å². The number of nitrogens with zero attached hydrogens (tertiary/aromatic N) is 2. The smallest absolute Gasteiger partial charge is 0.271 e. The first-order valence-corrected chi connectivity index (χ1v) is 7.89. The maximum absolute atomic E-state index is 13.0. The zero-order chi connectivity index (χ0) is 17.8. The van der Waals surface area contributed by atoms with Crippen molar-refractivity contribution in [2.24, 2.45) is 7.05 Å². The Bertz CT molecular complexity index is 888. The standard InChI is InChI=1S/C19H18FN3O2/c1-23-17(13-6-8-15(20)9-7-13)12-16(22-23)19(25)21-11-10-14-4-2-3-5-18(14)24/h2-9,12,24H,10-11H2,1H3,(H,21,25). The first kappa shape index (κ1) is 16.7. The Balaban J connectivity index is 1.66. The summed E-state index contributed by atoms with van der Waals surface area (Å²) in [6.45, 7) is 0.388. The number of nitrogens with one attached hydrogen (secondary N) is 1. The van der Waals surface area contributed by atoms with Crippen molar-refractivity contribution in [2.45, 2.75) is 6.42 Å². The molecule has 6 heteroatoms. The van der Waals surface area contributed by atoms with E-state index < -0.39 is 0 Å². The summed E-state index contributed by atoms with van der Waals surface area (Å²) in [4.78, 5) is 12.3. The number of amides is 1. The molecule has 128 valence electrons. The van der Waals surface area contributed by atoms with Gasteiger partial charge in [-0.05, 0) is 53.9 Å². The molecule has 1 aromatic heterocycles. The molecule has 3 aromatic rings. The minimum Gasteiger partial charge on any atom is -0.508 e. The van der Waals surface area contributed by atoms with Crippen LogP contribution in [0.1, 0.15) is 16.1 Å². The van der Waals surface area contributed by atoms with Gasteiger partial charge in [0.1, 0.15) is 11.6 Å². The van der Waals surface area contributed by atoms with Crippen molar-refractivity contribution in [3.8, 4) is 17.0 Å². The summed E-state index contributed by atoms with van der Waals surface area (Å²) in [5, 5.41) is 16.7. The van der Waals surface area contributed by atoms with E-state index in [1.54, 1.807) is 42.1 Å². The first-order chi connectivity index (χ1) is 12.0. The molecule has 0 saturated carbocycles. The van der Waals surface area contributed by atoms with Gasteiger partial charge in [0.2, 0.25) is 0 Å². The number of aromatic nitrogens is 2. The van der Waals surface area contributed by atoms with E-state index >= 15 is 0 Å². The monoisotopic (exact) mass is 339 g/mol. The predicted octanol–water partition coefficient (Wildman–Crippen LogP) is 2.90. The molecule has 0 unspecified atom stereocenters. The maximum Gasteiger partial charge on any atom is 0.271 e. The summed E-state index contributed by atoms with van der Waals surface area (Å²) in [5.41, 5.74) is 2.57. The van der Waals surface area contributed by atoms with Gasteiger partial charge in [0.25, 0.3) is 5.91 Å². The molecule has 0 atom stereocenters. The van der Waals surface area contributed by atoms with Crippen LogP contribution in [-0.4, -0.2) is 27.3 Å². The Labute approximate surface area is 144 Å². The molecule has 5 nitrogen and oxygen atoms in total. The number of phenolic OH excluding ortho intramolecular Hbond substituents is 1. The van der Waals surface area contributed by atoms with Crippen molar-refractivity contribution in [1.29, 1.82) is 0 Å². The van der Waals surface area contributed by atoms with Crippen LogP contribution in [0, 0.1) is 5.82 Å². The van der Waals surface area contributed by atoms with E-state index in [0.717, 1.165) is 16.8 Å². The van der Waals surface area contributed by atoms with E-state index in [1.165, 1.54) is 12.1 Å². The van der Waals surface area contributed by atoms with Crippen LogP contribution >= 0.6 is 0 Å². The third kappa shape index (κ3) is 3.85. The van der Waals surface area contributed by atoms with Gasteiger partial charge in [-0.3, -0.25) is 9.48 Å². The van der Waals surface area contributed by atoms with Gasteiger partial charge in [0.05, 0.1) is 5.69 Å². The number of aromatic hydroxyl groups is 1. The van der Waals surface area contributed by atoms with Gasteiger partial charge in [0.15, 0.2) is 5.69 Å². The van der Waals surface area contributed by atoms with Crippen molar-refractivity contribution in [2.75, 3.05) is 6.54 Å². The molecule has 0 spiro atoms. The number of carbonyl (C=O) groups excluding carboxylic acids is 1. The third-order valence-corrected chi connectivity index (χ3v) is 3.92. The second-order valence-electron chi connectivity index (χ2n) is 5.68. The van der Waals surface area contributed by atoms with Crippen molar-refractivity contribution in [1.82, 2.24) is 15.1 Å². The predicted molar refractivity (Wildman–Crippen MR) is 92.7 cm³/mol. The van der Waals surface area contributed by atoms with Crippen LogP contribution in [-0.2, 0) is 13.5 Å². The highest BCUT2D eigenvalue weighted by Crippen LogP contribution is 2.20. The maximum atomic E-state index is 13.0. The van der Waals surface area contributed by atoms with Crippen LogP contribution in [0.5, 0.6) is 5.75 Å². The molecule has 0 aliphatic rings. The summed E-state index contributed by atoms with van der Waals surface area (Å²) in [6.07, 6.45) is 0.524. The SMILES string of the molecule is Cn1nc(C(=O)NCCc2ccccc2O)cc1-c1ccc(F)cc1. The quantitative estimate of drug-likeness (QED) is 0.751. The van der Waals surface area contributed by atoms with Crippen LogP contribution in [0.2, 0.25) is 0 Å². The van der Waals surface area contributed by atoms with Crippen LogP contribution in [0.3, 0.4) is 0 Å². The lowest BCUT2D eigenvalue weighted by molar-refractivity contribution is 0.0948. The zero-order valence-electron chi connectivity index (χ0n) is 13.7. The third-order valence-electron chi connectivity index (χ3n) is 3.92.